The first kappa shape index (κ1) is 12.0. The van der Waals surface area contributed by atoms with E-state index in [0.29, 0.717) is 13.1 Å². The third-order valence-corrected chi connectivity index (χ3v) is 2.51. The molecule has 0 fully saturated rings. The molecule has 0 spiro atoms. The SMILES string of the molecule is Nc1ccc(NCCn2cccn2)cc1C(=O)O. The summed E-state index contributed by atoms with van der Waals surface area (Å²) in [7, 11) is 0. The molecular weight excluding hydrogens is 232 g/mol. The summed E-state index contributed by atoms with van der Waals surface area (Å²) in [5.41, 5.74) is 6.68. The van der Waals surface area contributed by atoms with E-state index in [1.807, 2.05) is 12.3 Å². The number of hydrogen-bond donors (Lipinski definition) is 3. The van der Waals surface area contributed by atoms with Gasteiger partial charge in [-0.15, -0.1) is 0 Å². The molecule has 2 rings (SSSR count). The Bertz CT molecular complexity index is 537. The van der Waals surface area contributed by atoms with Gasteiger partial charge in [0.1, 0.15) is 0 Å². The molecule has 94 valence electrons. The average Bonchev–Trinajstić information content (AvgIpc) is 2.84. The van der Waals surface area contributed by atoms with Crippen LogP contribution in [0.4, 0.5) is 11.4 Å². The minimum atomic E-state index is -1.02. The van der Waals surface area contributed by atoms with Gasteiger partial charge in [-0.1, -0.05) is 0 Å². The molecule has 0 amide bonds. The van der Waals surface area contributed by atoms with E-state index < -0.39 is 5.97 Å². The van der Waals surface area contributed by atoms with Crippen molar-refractivity contribution in [3.05, 3.63) is 42.2 Å². The smallest absolute Gasteiger partial charge is 0.337 e. The third kappa shape index (κ3) is 2.79. The summed E-state index contributed by atoms with van der Waals surface area (Å²) in [4.78, 5) is 10.9. The zero-order valence-electron chi connectivity index (χ0n) is 9.71. The highest BCUT2D eigenvalue weighted by Crippen LogP contribution is 2.17. The molecule has 6 nitrogen and oxygen atoms in total. The number of aromatic carboxylic acids is 1. The van der Waals surface area contributed by atoms with Gasteiger partial charge >= 0.3 is 5.97 Å². The number of benzene rings is 1. The van der Waals surface area contributed by atoms with Crippen LogP contribution in [0.1, 0.15) is 10.4 Å². The molecule has 0 radical (unpaired) electrons. The van der Waals surface area contributed by atoms with Gasteiger partial charge in [0.05, 0.1) is 12.1 Å². The molecule has 4 N–H and O–H groups in total. The van der Waals surface area contributed by atoms with Gasteiger partial charge in [0, 0.05) is 30.3 Å². The summed E-state index contributed by atoms with van der Waals surface area (Å²) in [6.45, 7) is 1.37. The monoisotopic (exact) mass is 246 g/mol. The summed E-state index contributed by atoms with van der Waals surface area (Å²) < 4.78 is 1.79. The number of aromatic nitrogens is 2. The van der Waals surface area contributed by atoms with Crippen LogP contribution >= 0.6 is 0 Å². The average molecular weight is 246 g/mol. The largest absolute Gasteiger partial charge is 0.478 e. The Balaban J connectivity index is 1.97. The minimum absolute atomic E-state index is 0.110. The Kier molecular flexibility index (Phi) is 3.47. The molecule has 0 aliphatic heterocycles. The van der Waals surface area contributed by atoms with Gasteiger partial charge in [-0.3, -0.25) is 4.68 Å². The number of carboxylic acid groups (broad SMARTS) is 1. The van der Waals surface area contributed by atoms with Crippen LogP contribution in [0.25, 0.3) is 0 Å². The van der Waals surface area contributed by atoms with Crippen molar-refractivity contribution in [3.63, 3.8) is 0 Å². The van der Waals surface area contributed by atoms with Gasteiger partial charge in [0.2, 0.25) is 0 Å². The topological polar surface area (TPSA) is 93.2 Å². The number of hydrogen-bond acceptors (Lipinski definition) is 4. The number of rotatable bonds is 5. The molecular formula is C12H14N4O2. The second-order valence-corrected chi connectivity index (χ2v) is 3.80. The highest BCUT2D eigenvalue weighted by molar-refractivity contribution is 5.94. The van der Waals surface area contributed by atoms with E-state index in [2.05, 4.69) is 10.4 Å². The van der Waals surface area contributed by atoms with Crippen LogP contribution in [-0.4, -0.2) is 27.4 Å². The lowest BCUT2D eigenvalue weighted by molar-refractivity contribution is 0.0698. The van der Waals surface area contributed by atoms with E-state index >= 15 is 0 Å². The molecule has 0 bridgehead atoms. The van der Waals surface area contributed by atoms with Crippen molar-refractivity contribution in [2.24, 2.45) is 0 Å². The van der Waals surface area contributed by atoms with Gasteiger partial charge in [-0.25, -0.2) is 4.79 Å². The number of carbonyl (C=O) groups is 1. The Hall–Kier alpha value is -2.50. The van der Waals surface area contributed by atoms with E-state index in [-0.39, 0.29) is 11.3 Å². The molecule has 0 unspecified atom stereocenters. The summed E-state index contributed by atoms with van der Waals surface area (Å²) in [5.74, 6) is -1.02. The van der Waals surface area contributed by atoms with Gasteiger partial charge in [0.25, 0.3) is 0 Å². The second-order valence-electron chi connectivity index (χ2n) is 3.80. The predicted molar refractivity (Wildman–Crippen MR) is 68.5 cm³/mol. The minimum Gasteiger partial charge on any atom is -0.478 e. The van der Waals surface area contributed by atoms with E-state index in [4.69, 9.17) is 10.8 Å². The van der Waals surface area contributed by atoms with Gasteiger partial charge in [0.15, 0.2) is 0 Å². The van der Waals surface area contributed by atoms with Crippen LogP contribution in [0.2, 0.25) is 0 Å². The Labute approximate surface area is 104 Å². The number of anilines is 2. The Morgan fingerprint density at radius 1 is 1.50 bits per heavy atom. The van der Waals surface area contributed by atoms with E-state index in [9.17, 15) is 4.79 Å². The lowest BCUT2D eigenvalue weighted by Gasteiger charge is -2.08. The highest BCUT2D eigenvalue weighted by Gasteiger charge is 2.08. The highest BCUT2D eigenvalue weighted by atomic mass is 16.4. The number of nitrogen functional groups attached to an aromatic ring is 1. The fourth-order valence-electron chi connectivity index (χ4n) is 1.60. The number of nitrogens with one attached hydrogen (secondary N) is 1. The van der Waals surface area contributed by atoms with Crippen molar-refractivity contribution in [3.8, 4) is 0 Å². The summed E-state index contributed by atoms with van der Waals surface area (Å²) >= 11 is 0. The molecule has 2 aromatic rings. The lowest BCUT2D eigenvalue weighted by atomic mass is 10.1. The summed E-state index contributed by atoms with van der Waals surface area (Å²) in [6, 6.07) is 6.72. The zero-order valence-corrected chi connectivity index (χ0v) is 9.71. The van der Waals surface area contributed by atoms with Crippen molar-refractivity contribution < 1.29 is 9.90 Å². The maximum atomic E-state index is 10.9. The molecule has 0 aliphatic rings. The second kappa shape index (κ2) is 5.22. The molecule has 0 atom stereocenters. The van der Waals surface area contributed by atoms with Crippen molar-refractivity contribution >= 4 is 17.3 Å². The van der Waals surface area contributed by atoms with Crippen molar-refractivity contribution in [1.82, 2.24) is 9.78 Å². The predicted octanol–water partition coefficient (Wildman–Crippen LogP) is 1.28. The third-order valence-electron chi connectivity index (χ3n) is 2.51. The van der Waals surface area contributed by atoms with E-state index in [1.54, 1.807) is 23.0 Å². The number of carboxylic acids is 1. The molecule has 1 heterocycles. The van der Waals surface area contributed by atoms with E-state index in [0.717, 1.165) is 5.69 Å². The summed E-state index contributed by atoms with van der Waals surface area (Å²) in [6.07, 6.45) is 3.58. The molecule has 1 aromatic heterocycles. The van der Waals surface area contributed by atoms with Crippen LogP contribution in [0.5, 0.6) is 0 Å². The van der Waals surface area contributed by atoms with Crippen LogP contribution in [-0.2, 0) is 6.54 Å². The first-order valence-electron chi connectivity index (χ1n) is 5.51. The first-order valence-corrected chi connectivity index (χ1v) is 5.51. The maximum absolute atomic E-state index is 10.9. The molecule has 0 saturated heterocycles. The van der Waals surface area contributed by atoms with Crippen LogP contribution < -0.4 is 11.1 Å². The van der Waals surface area contributed by atoms with Gasteiger partial charge in [-0.05, 0) is 24.3 Å². The number of nitrogens with two attached hydrogens (primary N) is 1. The van der Waals surface area contributed by atoms with Gasteiger partial charge < -0.3 is 16.2 Å². The van der Waals surface area contributed by atoms with Crippen molar-refractivity contribution in [2.75, 3.05) is 17.6 Å². The Morgan fingerprint density at radius 2 is 2.33 bits per heavy atom. The molecule has 0 aliphatic carbocycles. The number of nitrogens with zero attached hydrogens (tertiary/aromatic N) is 2. The van der Waals surface area contributed by atoms with Crippen molar-refractivity contribution in [1.29, 1.82) is 0 Å². The fourth-order valence-corrected chi connectivity index (χ4v) is 1.60. The first-order chi connectivity index (χ1) is 8.66. The standard InChI is InChI=1S/C12H14N4O2/c13-11-3-2-9(8-10(11)12(17)18)14-5-7-16-6-1-4-15-16/h1-4,6,8,14H,5,7,13H2,(H,17,18). The lowest BCUT2D eigenvalue weighted by Crippen LogP contribution is -2.11. The molecule has 0 saturated carbocycles. The zero-order chi connectivity index (χ0) is 13.0. The van der Waals surface area contributed by atoms with Gasteiger partial charge in [-0.2, -0.15) is 5.10 Å². The van der Waals surface area contributed by atoms with Crippen LogP contribution in [0.3, 0.4) is 0 Å². The molecule has 1 aromatic carbocycles. The van der Waals surface area contributed by atoms with Crippen LogP contribution in [0.15, 0.2) is 36.7 Å². The normalized spacial score (nSPS) is 10.2. The summed E-state index contributed by atoms with van der Waals surface area (Å²) in [5, 5.41) is 16.1. The fraction of sp³-hybridized carbons (Fsp3) is 0.167. The Morgan fingerprint density at radius 3 is 3.00 bits per heavy atom. The van der Waals surface area contributed by atoms with Crippen molar-refractivity contribution in [2.45, 2.75) is 6.54 Å². The van der Waals surface area contributed by atoms with E-state index in [1.165, 1.54) is 6.07 Å². The maximum Gasteiger partial charge on any atom is 0.337 e. The molecule has 18 heavy (non-hydrogen) atoms. The molecule has 6 heteroatoms. The van der Waals surface area contributed by atoms with Crippen LogP contribution in [0, 0.1) is 0 Å². The quantitative estimate of drug-likeness (QED) is 0.691.